The molecule has 2 saturated heterocycles. The number of methoxy groups -OCH3 is 3. The van der Waals surface area contributed by atoms with Crippen LogP contribution in [0.25, 0.3) is 0 Å². The molecule has 45 heavy (non-hydrogen) atoms. The number of carbonyl (C=O) groups is 3. The maximum atomic E-state index is 12.0. The number of likely N-dealkylation sites (tertiary alicyclic amines) is 1. The van der Waals surface area contributed by atoms with E-state index in [9.17, 15) is 31.2 Å². The molecule has 0 radical (unpaired) electrons. The predicted molar refractivity (Wildman–Crippen MR) is 168 cm³/mol. The summed E-state index contributed by atoms with van der Waals surface area (Å²) in [5.74, 6) is -0.891. The molecular weight excluding hydrogens is 648 g/mol. The molecule has 2 aromatic rings. The highest BCUT2D eigenvalue weighted by atomic mass is 35.5. The Hall–Kier alpha value is -3.20. The number of sulfone groups is 2. The number of halogens is 1. The van der Waals surface area contributed by atoms with Crippen LogP contribution in [0.5, 0.6) is 0 Å². The number of nitrogens with one attached hydrogen (secondary N) is 1. The van der Waals surface area contributed by atoms with Gasteiger partial charge in [-0.15, -0.1) is 12.4 Å². The Morgan fingerprint density at radius 1 is 0.711 bits per heavy atom. The first-order chi connectivity index (χ1) is 20.7. The van der Waals surface area contributed by atoms with E-state index in [2.05, 4.69) is 5.32 Å². The van der Waals surface area contributed by atoms with E-state index in [-0.39, 0.29) is 53.2 Å². The van der Waals surface area contributed by atoms with Crippen LogP contribution in [0.1, 0.15) is 48.9 Å². The Bertz CT molecular complexity index is 1530. The van der Waals surface area contributed by atoms with Crippen LogP contribution >= 0.6 is 12.4 Å². The first kappa shape index (κ1) is 38.0. The lowest BCUT2D eigenvalue weighted by molar-refractivity contribution is -0.148. The van der Waals surface area contributed by atoms with Gasteiger partial charge in [0.1, 0.15) is 0 Å². The minimum Gasteiger partial charge on any atom is -0.469 e. The van der Waals surface area contributed by atoms with Gasteiger partial charge in [0, 0.05) is 25.1 Å². The lowest BCUT2D eigenvalue weighted by Crippen LogP contribution is -2.42. The number of benzene rings is 2. The van der Waals surface area contributed by atoms with Gasteiger partial charge in [-0.1, -0.05) is 24.3 Å². The van der Waals surface area contributed by atoms with E-state index in [0.29, 0.717) is 30.7 Å². The zero-order chi connectivity index (χ0) is 32.7. The number of ether oxygens (including phenoxy) is 3. The number of piperidine rings is 2. The molecule has 0 saturated carbocycles. The van der Waals surface area contributed by atoms with Crippen LogP contribution in [0.2, 0.25) is 0 Å². The van der Waals surface area contributed by atoms with Crippen LogP contribution in [0.3, 0.4) is 0 Å². The minimum atomic E-state index is -3.29. The molecular formula is C30H41ClN2O10S2. The van der Waals surface area contributed by atoms with Crippen molar-refractivity contribution in [3.8, 4) is 0 Å². The van der Waals surface area contributed by atoms with Gasteiger partial charge < -0.3 is 24.4 Å². The third-order valence-corrected chi connectivity index (χ3v) is 10.1. The summed E-state index contributed by atoms with van der Waals surface area (Å²) >= 11 is 0. The molecule has 0 aliphatic carbocycles. The van der Waals surface area contributed by atoms with Gasteiger partial charge in [-0.3, -0.25) is 9.59 Å². The molecule has 4 unspecified atom stereocenters. The monoisotopic (exact) mass is 688 g/mol. The molecule has 0 aromatic heterocycles. The van der Waals surface area contributed by atoms with E-state index in [1.54, 1.807) is 41.3 Å². The summed E-state index contributed by atoms with van der Waals surface area (Å²) in [7, 11) is -2.42. The molecule has 15 heteroatoms. The second-order valence-electron chi connectivity index (χ2n) is 10.9. The highest BCUT2D eigenvalue weighted by molar-refractivity contribution is 7.91. The average Bonchev–Trinajstić information content (AvgIpc) is 3.03. The van der Waals surface area contributed by atoms with Crippen LogP contribution in [0.4, 0.5) is 4.79 Å². The number of esters is 2. The van der Waals surface area contributed by atoms with Crippen molar-refractivity contribution in [2.75, 3.05) is 46.9 Å². The summed E-state index contributed by atoms with van der Waals surface area (Å²) in [6.45, 7) is 1.11. The molecule has 2 heterocycles. The van der Waals surface area contributed by atoms with Crippen molar-refractivity contribution in [2.24, 2.45) is 11.8 Å². The normalized spacial score (nSPS) is 21.7. The van der Waals surface area contributed by atoms with Gasteiger partial charge in [-0.05, 0) is 67.6 Å². The molecule has 1 N–H and O–H groups in total. The van der Waals surface area contributed by atoms with Crippen molar-refractivity contribution in [1.82, 2.24) is 10.2 Å². The number of hydrogen-bond donors (Lipinski definition) is 1. The average molecular weight is 689 g/mol. The highest BCUT2D eigenvalue weighted by Crippen LogP contribution is 2.35. The Balaban J connectivity index is 0.000000311. The fraction of sp³-hybridized carbons (Fsp3) is 0.500. The Kier molecular flexibility index (Phi) is 13.8. The van der Waals surface area contributed by atoms with E-state index in [0.717, 1.165) is 30.3 Å². The van der Waals surface area contributed by atoms with E-state index >= 15 is 0 Å². The third-order valence-electron chi connectivity index (χ3n) is 7.89. The van der Waals surface area contributed by atoms with Crippen molar-refractivity contribution in [2.45, 2.75) is 47.6 Å². The lowest BCUT2D eigenvalue weighted by atomic mass is 9.87. The smallest absolute Gasteiger partial charge is 0.409 e. The molecule has 4 rings (SSSR count). The summed E-state index contributed by atoms with van der Waals surface area (Å²) in [6, 6.07) is 12.8. The van der Waals surface area contributed by atoms with Crippen molar-refractivity contribution in [3.63, 3.8) is 0 Å². The fourth-order valence-electron chi connectivity index (χ4n) is 5.43. The topological polar surface area (TPSA) is 162 Å². The SMILES string of the molecule is COC(=O)C1CCN(C(=O)OC)C(c2ccc(S(C)(=O)=O)cc2)C1.COC(=O)C1CCNC(c2ccc(S(C)(=O)=O)cc2)C1.Cl. The lowest BCUT2D eigenvalue weighted by Gasteiger charge is -2.37. The summed E-state index contributed by atoms with van der Waals surface area (Å²) < 4.78 is 60.4. The number of hydrogen-bond acceptors (Lipinski definition) is 11. The van der Waals surface area contributed by atoms with E-state index < -0.39 is 25.8 Å². The number of carbonyl (C=O) groups excluding carboxylic acids is 3. The molecule has 0 spiro atoms. The van der Waals surface area contributed by atoms with E-state index in [4.69, 9.17) is 14.2 Å². The van der Waals surface area contributed by atoms with Gasteiger partial charge in [0.05, 0.1) is 49.0 Å². The third kappa shape index (κ3) is 10.1. The first-order valence-corrected chi connectivity index (χ1v) is 17.8. The van der Waals surface area contributed by atoms with Gasteiger partial charge >= 0.3 is 18.0 Å². The molecule has 2 aliphatic heterocycles. The van der Waals surface area contributed by atoms with Crippen molar-refractivity contribution in [3.05, 3.63) is 59.7 Å². The molecule has 2 fully saturated rings. The van der Waals surface area contributed by atoms with Crippen molar-refractivity contribution >= 4 is 50.1 Å². The number of amides is 1. The minimum absolute atomic E-state index is 0. The van der Waals surface area contributed by atoms with Crippen LogP contribution in [0.15, 0.2) is 58.3 Å². The molecule has 1 amide bonds. The van der Waals surface area contributed by atoms with Crippen molar-refractivity contribution in [1.29, 1.82) is 0 Å². The Morgan fingerprint density at radius 3 is 1.62 bits per heavy atom. The molecule has 2 aliphatic rings. The Labute approximate surface area is 271 Å². The standard InChI is InChI=1S/C16H21NO6S.C14H19NO4S.ClH/c1-22-15(18)12-8-9-17(16(19)23-2)14(10-12)11-4-6-13(7-5-11)24(3,20)21;1-19-14(16)11-7-8-15-13(9-11)10-3-5-12(6-4-10)20(2,17)18;/h4-7,12,14H,8-10H2,1-3H3;3-6,11,13,15H,7-9H2,1-2H3;1H. The largest absolute Gasteiger partial charge is 0.469 e. The maximum Gasteiger partial charge on any atom is 0.409 e. The van der Waals surface area contributed by atoms with Crippen LogP contribution in [-0.4, -0.2) is 86.7 Å². The maximum absolute atomic E-state index is 12.0. The van der Waals surface area contributed by atoms with E-state index in [1.807, 2.05) is 0 Å². The zero-order valence-electron chi connectivity index (χ0n) is 25.9. The highest BCUT2D eigenvalue weighted by Gasteiger charge is 2.36. The van der Waals surface area contributed by atoms with Gasteiger partial charge in [-0.25, -0.2) is 21.6 Å². The second-order valence-corrected chi connectivity index (χ2v) is 14.9. The second kappa shape index (κ2) is 16.4. The summed E-state index contributed by atoms with van der Waals surface area (Å²) in [4.78, 5) is 37.5. The summed E-state index contributed by atoms with van der Waals surface area (Å²) in [5.41, 5.74) is 1.74. The summed E-state index contributed by atoms with van der Waals surface area (Å²) in [6.07, 6.45) is 4.19. The zero-order valence-corrected chi connectivity index (χ0v) is 28.4. The van der Waals surface area contributed by atoms with Gasteiger partial charge in [-0.2, -0.15) is 0 Å². The molecule has 12 nitrogen and oxygen atoms in total. The number of nitrogens with zero attached hydrogens (tertiary/aromatic N) is 1. The van der Waals surface area contributed by atoms with E-state index in [1.165, 1.54) is 39.7 Å². The van der Waals surface area contributed by atoms with Gasteiger partial charge in [0.15, 0.2) is 19.7 Å². The molecule has 250 valence electrons. The Morgan fingerprint density at radius 2 is 1.18 bits per heavy atom. The van der Waals surface area contributed by atoms with Crippen LogP contribution < -0.4 is 5.32 Å². The number of rotatable bonds is 6. The van der Waals surface area contributed by atoms with Crippen LogP contribution in [0, 0.1) is 11.8 Å². The quantitative estimate of drug-likeness (QED) is 0.349. The molecule has 4 atom stereocenters. The predicted octanol–water partition coefficient (Wildman–Crippen LogP) is 3.51. The molecule has 2 aromatic carbocycles. The van der Waals surface area contributed by atoms with Crippen molar-refractivity contribution < 1.29 is 45.4 Å². The van der Waals surface area contributed by atoms with Gasteiger partial charge in [0.25, 0.3) is 0 Å². The van der Waals surface area contributed by atoms with Gasteiger partial charge in [0.2, 0.25) is 0 Å². The first-order valence-electron chi connectivity index (χ1n) is 14.0. The van der Waals surface area contributed by atoms with Crippen LogP contribution in [-0.2, 0) is 43.5 Å². The fourth-order valence-corrected chi connectivity index (χ4v) is 6.70. The summed E-state index contributed by atoms with van der Waals surface area (Å²) in [5, 5.41) is 3.35. The molecule has 0 bridgehead atoms.